The van der Waals surface area contributed by atoms with E-state index >= 15 is 0 Å². The van der Waals surface area contributed by atoms with E-state index in [0.29, 0.717) is 18.0 Å². The van der Waals surface area contributed by atoms with Gasteiger partial charge in [-0.2, -0.15) is 0 Å². The van der Waals surface area contributed by atoms with Crippen molar-refractivity contribution in [3.05, 3.63) is 42.0 Å². The SMILES string of the molecule is COC(=O)[C@H]1CCCCN1Cc1cc2cc(OC)c(OC)cc2c2cc(OC)ccc12. The number of hydrogen-bond acceptors (Lipinski definition) is 6. The Hall–Kier alpha value is -2.99. The monoisotopic (exact) mass is 423 g/mol. The molecule has 0 unspecified atom stereocenters. The fourth-order valence-electron chi connectivity index (χ4n) is 4.60. The minimum Gasteiger partial charge on any atom is -0.497 e. The lowest BCUT2D eigenvalue weighted by Gasteiger charge is -2.34. The summed E-state index contributed by atoms with van der Waals surface area (Å²) in [6.07, 6.45) is 2.96. The standard InChI is InChI=1S/C25H29NO5/c1-28-18-8-9-19-17(15-26-10-6-5-7-22(26)25(27)31-4)11-16-12-23(29-2)24(30-3)14-20(16)21(19)13-18/h8-9,11-14,22H,5-7,10,15H2,1-4H3/t22-/m1/s1. The zero-order valence-corrected chi connectivity index (χ0v) is 18.6. The molecule has 1 fully saturated rings. The van der Waals surface area contributed by atoms with Crippen molar-refractivity contribution in [1.82, 2.24) is 4.90 Å². The molecule has 1 aliphatic heterocycles. The number of likely N-dealkylation sites (tertiary alicyclic amines) is 1. The van der Waals surface area contributed by atoms with E-state index in [1.54, 1.807) is 21.3 Å². The zero-order chi connectivity index (χ0) is 22.0. The summed E-state index contributed by atoms with van der Waals surface area (Å²) in [5.74, 6) is 2.02. The maximum absolute atomic E-state index is 12.4. The van der Waals surface area contributed by atoms with Crippen molar-refractivity contribution in [2.45, 2.75) is 31.8 Å². The molecule has 6 heteroatoms. The van der Waals surface area contributed by atoms with Crippen LogP contribution >= 0.6 is 0 Å². The quantitative estimate of drug-likeness (QED) is 0.428. The molecule has 4 rings (SSSR count). The van der Waals surface area contributed by atoms with Crippen molar-refractivity contribution in [3.63, 3.8) is 0 Å². The molecule has 0 bridgehead atoms. The maximum atomic E-state index is 12.4. The third-order valence-electron chi connectivity index (χ3n) is 6.21. The van der Waals surface area contributed by atoms with Gasteiger partial charge in [0.1, 0.15) is 11.8 Å². The van der Waals surface area contributed by atoms with Gasteiger partial charge in [-0.15, -0.1) is 0 Å². The van der Waals surface area contributed by atoms with Gasteiger partial charge >= 0.3 is 5.97 Å². The summed E-state index contributed by atoms with van der Waals surface area (Å²) in [6.45, 7) is 1.55. The molecule has 0 amide bonds. The van der Waals surface area contributed by atoms with Crippen LogP contribution in [0.5, 0.6) is 17.2 Å². The molecule has 3 aromatic carbocycles. The third kappa shape index (κ3) is 4.00. The first-order valence-electron chi connectivity index (χ1n) is 10.6. The van der Waals surface area contributed by atoms with Crippen molar-refractivity contribution in [2.24, 2.45) is 0 Å². The lowest BCUT2D eigenvalue weighted by atomic mass is 9.94. The second-order valence-corrected chi connectivity index (χ2v) is 7.88. The highest BCUT2D eigenvalue weighted by atomic mass is 16.5. The second kappa shape index (κ2) is 9.02. The number of hydrogen-bond donors (Lipinski definition) is 0. The lowest BCUT2D eigenvalue weighted by molar-refractivity contribution is -0.148. The summed E-state index contributed by atoms with van der Waals surface area (Å²) in [5, 5.41) is 4.34. The minimum absolute atomic E-state index is 0.155. The first-order chi connectivity index (χ1) is 15.1. The predicted octanol–water partition coefficient (Wildman–Crippen LogP) is 4.55. The third-order valence-corrected chi connectivity index (χ3v) is 6.21. The van der Waals surface area contributed by atoms with Crippen LogP contribution in [0.2, 0.25) is 0 Å². The topological polar surface area (TPSA) is 57.2 Å². The largest absolute Gasteiger partial charge is 0.497 e. The molecule has 0 N–H and O–H groups in total. The Morgan fingerprint density at radius 2 is 1.68 bits per heavy atom. The molecule has 6 nitrogen and oxygen atoms in total. The average Bonchev–Trinajstić information content (AvgIpc) is 2.82. The van der Waals surface area contributed by atoms with E-state index < -0.39 is 0 Å². The van der Waals surface area contributed by atoms with Crippen LogP contribution in [0, 0.1) is 0 Å². The molecular weight excluding hydrogens is 394 g/mol. The Morgan fingerprint density at radius 1 is 0.903 bits per heavy atom. The Bertz CT molecular complexity index is 1110. The number of methoxy groups -OCH3 is 4. The summed E-state index contributed by atoms with van der Waals surface area (Å²) in [5.41, 5.74) is 1.16. The summed E-state index contributed by atoms with van der Waals surface area (Å²) in [4.78, 5) is 14.6. The number of carbonyl (C=O) groups excluding carboxylic acids is 1. The van der Waals surface area contributed by atoms with Gasteiger partial charge in [0.2, 0.25) is 0 Å². The van der Waals surface area contributed by atoms with E-state index in [2.05, 4.69) is 23.1 Å². The van der Waals surface area contributed by atoms with Gasteiger partial charge in [0.15, 0.2) is 11.5 Å². The van der Waals surface area contributed by atoms with Crippen molar-refractivity contribution in [3.8, 4) is 17.2 Å². The van der Waals surface area contributed by atoms with Crippen LogP contribution in [-0.2, 0) is 16.1 Å². The van der Waals surface area contributed by atoms with E-state index in [-0.39, 0.29) is 12.0 Å². The summed E-state index contributed by atoms with van der Waals surface area (Å²) in [6, 6.07) is 12.1. The first-order valence-corrected chi connectivity index (χ1v) is 10.6. The molecule has 0 spiro atoms. The number of ether oxygens (including phenoxy) is 4. The van der Waals surface area contributed by atoms with Gasteiger partial charge in [0.05, 0.1) is 28.4 Å². The number of benzene rings is 3. The van der Waals surface area contributed by atoms with Gasteiger partial charge in [0, 0.05) is 6.54 Å². The van der Waals surface area contributed by atoms with Gasteiger partial charge in [-0.3, -0.25) is 9.69 Å². The number of rotatable bonds is 6. The van der Waals surface area contributed by atoms with Gasteiger partial charge < -0.3 is 18.9 Å². The van der Waals surface area contributed by atoms with Crippen LogP contribution in [0.4, 0.5) is 0 Å². The lowest BCUT2D eigenvalue weighted by Crippen LogP contribution is -2.44. The van der Waals surface area contributed by atoms with Crippen LogP contribution in [0.25, 0.3) is 21.5 Å². The zero-order valence-electron chi connectivity index (χ0n) is 18.6. The van der Waals surface area contributed by atoms with Crippen molar-refractivity contribution in [1.29, 1.82) is 0 Å². The number of carbonyl (C=O) groups is 1. The van der Waals surface area contributed by atoms with Crippen molar-refractivity contribution >= 4 is 27.5 Å². The van der Waals surface area contributed by atoms with Crippen LogP contribution < -0.4 is 14.2 Å². The normalized spacial score (nSPS) is 17.0. The van der Waals surface area contributed by atoms with E-state index in [9.17, 15) is 4.79 Å². The highest BCUT2D eigenvalue weighted by molar-refractivity contribution is 6.10. The van der Waals surface area contributed by atoms with Crippen molar-refractivity contribution < 1.29 is 23.7 Å². The Morgan fingerprint density at radius 3 is 2.39 bits per heavy atom. The van der Waals surface area contributed by atoms with Crippen LogP contribution in [0.15, 0.2) is 36.4 Å². The fraction of sp³-hybridized carbons (Fsp3) is 0.400. The van der Waals surface area contributed by atoms with Gasteiger partial charge in [0.25, 0.3) is 0 Å². The molecule has 0 radical (unpaired) electrons. The van der Waals surface area contributed by atoms with Crippen LogP contribution in [-0.4, -0.2) is 51.9 Å². The minimum atomic E-state index is -0.201. The summed E-state index contributed by atoms with van der Waals surface area (Å²) in [7, 11) is 6.42. The molecule has 1 heterocycles. The molecule has 1 aliphatic rings. The molecule has 0 saturated carbocycles. The predicted molar refractivity (Wildman–Crippen MR) is 121 cm³/mol. The van der Waals surface area contributed by atoms with Crippen LogP contribution in [0.1, 0.15) is 24.8 Å². The number of piperidine rings is 1. The molecule has 0 aliphatic carbocycles. The number of esters is 1. The molecule has 0 aromatic heterocycles. The van der Waals surface area contributed by atoms with Crippen LogP contribution in [0.3, 0.4) is 0 Å². The summed E-state index contributed by atoms with van der Waals surface area (Å²) < 4.78 is 21.6. The highest BCUT2D eigenvalue weighted by Gasteiger charge is 2.30. The van der Waals surface area contributed by atoms with E-state index in [1.165, 1.54) is 7.11 Å². The Labute approximate surface area is 182 Å². The molecule has 31 heavy (non-hydrogen) atoms. The smallest absolute Gasteiger partial charge is 0.323 e. The second-order valence-electron chi connectivity index (χ2n) is 7.88. The van der Waals surface area contributed by atoms with Crippen molar-refractivity contribution in [2.75, 3.05) is 35.0 Å². The van der Waals surface area contributed by atoms with E-state index in [0.717, 1.165) is 58.7 Å². The average molecular weight is 424 g/mol. The van der Waals surface area contributed by atoms with Gasteiger partial charge in [-0.25, -0.2) is 0 Å². The highest BCUT2D eigenvalue weighted by Crippen LogP contribution is 2.39. The molecule has 164 valence electrons. The molecule has 3 aromatic rings. The number of fused-ring (bicyclic) bond motifs is 3. The fourth-order valence-corrected chi connectivity index (χ4v) is 4.60. The summed E-state index contributed by atoms with van der Waals surface area (Å²) >= 11 is 0. The van der Waals surface area contributed by atoms with Gasteiger partial charge in [-0.05, 0) is 76.8 Å². The first kappa shape index (κ1) is 21.2. The van der Waals surface area contributed by atoms with E-state index in [1.807, 2.05) is 18.2 Å². The molecular formula is C25H29NO5. The molecule has 1 saturated heterocycles. The molecule has 1 atom stereocenters. The Balaban J connectivity index is 1.88. The maximum Gasteiger partial charge on any atom is 0.323 e. The van der Waals surface area contributed by atoms with Gasteiger partial charge in [-0.1, -0.05) is 12.5 Å². The Kier molecular flexibility index (Phi) is 6.18. The number of nitrogens with zero attached hydrogens (tertiary/aromatic N) is 1. The van der Waals surface area contributed by atoms with E-state index in [4.69, 9.17) is 18.9 Å².